The summed E-state index contributed by atoms with van der Waals surface area (Å²) in [5.74, 6) is 0.305. The molecule has 5 nitrogen and oxygen atoms in total. The van der Waals surface area contributed by atoms with Crippen LogP contribution in [0.2, 0.25) is 0 Å². The fourth-order valence-electron chi connectivity index (χ4n) is 3.36. The second kappa shape index (κ2) is 7.96. The summed E-state index contributed by atoms with van der Waals surface area (Å²) in [5.41, 5.74) is 5.55. The van der Waals surface area contributed by atoms with Gasteiger partial charge in [0, 0.05) is 5.92 Å². The molecule has 0 spiro atoms. The fourth-order valence-corrected chi connectivity index (χ4v) is 3.36. The zero-order valence-corrected chi connectivity index (χ0v) is 12.2. The van der Waals surface area contributed by atoms with Gasteiger partial charge in [-0.2, -0.15) is 0 Å². The molecule has 2 rings (SSSR count). The molecule has 20 heavy (non-hydrogen) atoms. The van der Waals surface area contributed by atoms with E-state index < -0.39 is 0 Å². The Hall–Kier alpha value is -0.650. The van der Waals surface area contributed by atoms with Gasteiger partial charge in [-0.25, -0.2) is 0 Å². The van der Waals surface area contributed by atoms with E-state index in [0.29, 0.717) is 6.54 Å². The highest BCUT2D eigenvalue weighted by molar-refractivity contribution is 5.79. The van der Waals surface area contributed by atoms with Gasteiger partial charge in [-0.15, -0.1) is 0 Å². The molecule has 0 bridgehead atoms. The molecule has 1 saturated carbocycles. The number of ether oxygens (including phenoxy) is 1. The van der Waals surface area contributed by atoms with Crippen molar-refractivity contribution in [3.8, 4) is 0 Å². The molecule has 1 saturated heterocycles. The van der Waals surface area contributed by atoms with Crippen molar-refractivity contribution >= 4 is 5.91 Å². The lowest BCUT2D eigenvalue weighted by atomic mass is 9.88. The van der Waals surface area contributed by atoms with Crippen LogP contribution in [0.1, 0.15) is 51.4 Å². The first kappa shape index (κ1) is 15.7. The number of aliphatic hydroxyl groups is 1. The molecule has 0 aromatic heterocycles. The van der Waals surface area contributed by atoms with Gasteiger partial charge in [-0.3, -0.25) is 4.79 Å². The lowest BCUT2D eigenvalue weighted by Gasteiger charge is -2.37. The van der Waals surface area contributed by atoms with Crippen molar-refractivity contribution in [3.63, 3.8) is 0 Å². The zero-order chi connectivity index (χ0) is 14.4. The van der Waals surface area contributed by atoms with E-state index in [-0.39, 0.29) is 36.7 Å². The monoisotopic (exact) mass is 284 g/mol. The number of hydrogen-bond acceptors (Lipinski definition) is 4. The van der Waals surface area contributed by atoms with Crippen molar-refractivity contribution in [3.05, 3.63) is 0 Å². The minimum atomic E-state index is -0.284. The number of rotatable bonds is 5. The summed E-state index contributed by atoms with van der Waals surface area (Å²) in [4.78, 5) is 12.3. The zero-order valence-electron chi connectivity index (χ0n) is 12.2. The van der Waals surface area contributed by atoms with Crippen molar-refractivity contribution in [1.29, 1.82) is 0 Å². The maximum atomic E-state index is 12.3. The fraction of sp³-hybridized carbons (Fsp3) is 0.933. The average molecular weight is 284 g/mol. The highest BCUT2D eigenvalue weighted by Crippen LogP contribution is 2.26. The quantitative estimate of drug-likeness (QED) is 0.701. The van der Waals surface area contributed by atoms with Crippen LogP contribution >= 0.6 is 0 Å². The smallest absolute Gasteiger partial charge is 0.223 e. The topological polar surface area (TPSA) is 84.6 Å². The summed E-state index contributed by atoms with van der Waals surface area (Å²) in [6, 6.07) is -0.0524. The van der Waals surface area contributed by atoms with E-state index in [1.165, 1.54) is 6.42 Å². The highest BCUT2D eigenvalue weighted by atomic mass is 16.5. The molecule has 4 N–H and O–H groups in total. The Morgan fingerprint density at radius 3 is 2.60 bits per heavy atom. The number of carbonyl (C=O) groups excluding carboxylic acids is 1. The third-order valence-corrected chi connectivity index (χ3v) is 4.59. The third-order valence-electron chi connectivity index (χ3n) is 4.59. The molecule has 1 aliphatic heterocycles. The van der Waals surface area contributed by atoms with E-state index in [1.54, 1.807) is 0 Å². The molecule has 3 atom stereocenters. The van der Waals surface area contributed by atoms with Gasteiger partial charge < -0.3 is 20.9 Å². The number of nitrogens with one attached hydrogen (secondary N) is 1. The average Bonchev–Trinajstić information content (AvgIpc) is 2.50. The van der Waals surface area contributed by atoms with Crippen LogP contribution in [-0.4, -0.2) is 42.4 Å². The summed E-state index contributed by atoms with van der Waals surface area (Å²) in [5, 5.41) is 12.6. The van der Waals surface area contributed by atoms with Gasteiger partial charge in [-0.1, -0.05) is 19.3 Å². The van der Waals surface area contributed by atoms with Crippen LogP contribution in [0.15, 0.2) is 0 Å². The van der Waals surface area contributed by atoms with Crippen molar-refractivity contribution in [2.45, 2.75) is 69.6 Å². The number of carbonyl (C=O) groups is 1. The number of nitrogens with two attached hydrogens (primary N) is 1. The second-order valence-corrected chi connectivity index (χ2v) is 6.08. The molecule has 0 aromatic carbocycles. The van der Waals surface area contributed by atoms with E-state index in [4.69, 9.17) is 10.5 Å². The summed E-state index contributed by atoms with van der Waals surface area (Å²) in [6.07, 6.45) is 7.99. The Kier molecular flexibility index (Phi) is 6.26. The molecule has 2 fully saturated rings. The maximum Gasteiger partial charge on any atom is 0.223 e. The molecule has 0 unspecified atom stereocenters. The third kappa shape index (κ3) is 4.17. The molecule has 2 aliphatic rings. The van der Waals surface area contributed by atoms with Crippen LogP contribution in [-0.2, 0) is 9.53 Å². The van der Waals surface area contributed by atoms with Crippen LogP contribution in [0, 0.1) is 5.92 Å². The first-order valence-corrected chi connectivity index (χ1v) is 8.01. The Bertz CT molecular complexity index is 305. The first-order valence-electron chi connectivity index (χ1n) is 8.01. The highest BCUT2D eigenvalue weighted by Gasteiger charge is 2.33. The largest absolute Gasteiger partial charge is 0.394 e. The molecule has 0 aromatic rings. The minimum Gasteiger partial charge on any atom is -0.394 e. The van der Waals surface area contributed by atoms with Crippen LogP contribution in [0.3, 0.4) is 0 Å². The van der Waals surface area contributed by atoms with E-state index in [2.05, 4.69) is 5.32 Å². The molecule has 116 valence electrons. The molecule has 0 radical (unpaired) electrons. The van der Waals surface area contributed by atoms with Crippen molar-refractivity contribution in [2.24, 2.45) is 11.7 Å². The Labute approximate surface area is 121 Å². The van der Waals surface area contributed by atoms with Gasteiger partial charge in [0.05, 0.1) is 18.8 Å². The van der Waals surface area contributed by atoms with Gasteiger partial charge in [-0.05, 0) is 38.6 Å². The predicted molar refractivity (Wildman–Crippen MR) is 77.2 cm³/mol. The maximum absolute atomic E-state index is 12.3. The summed E-state index contributed by atoms with van der Waals surface area (Å²) in [6.45, 7) is 0.554. The van der Waals surface area contributed by atoms with E-state index in [0.717, 1.165) is 44.9 Å². The summed E-state index contributed by atoms with van der Waals surface area (Å²) in [7, 11) is 0. The van der Waals surface area contributed by atoms with E-state index >= 15 is 0 Å². The molecular formula is C15H28N2O3. The SMILES string of the molecule is NCC[C@@H]1CC[C@@H](NC(=O)C2CCCCC2)[C@@H](CO)O1. The van der Waals surface area contributed by atoms with Gasteiger partial charge in [0.2, 0.25) is 5.91 Å². The Morgan fingerprint density at radius 2 is 1.95 bits per heavy atom. The van der Waals surface area contributed by atoms with Crippen molar-refractivity contribution in [2.75, 3.05) is 13.2 Å². The van der Waals surface area contributed by atoms with Crippen molar-refractivity contribution < 1.29 is 14.6 Å². The van der Waals surface area contributed by atoms with Gasteiger partial charge in [0.1, 0.15) is 6.10 Å². The summed E-state index contributed by atoms with van der Waals surface area (Å²) >= 11 is 0. The molecule has 1 amide bonds. The number of aliphatic hydroxyl groups excluding tert-OH is 1. The van der Waals surface area contributed by atoms with Crippen molar-refractivity contribution in [1.82, 2.24) is 5.32 Å². The number of amides is 1. The van der Waals surface area contributed by atoms with Crippen LogP contribution < -0.4 is 11.1 Å². The lowest BCUT2D eigenvalue weighted by Crippen LogP contribution is -2.52. The summed E-state index contributed by atoms with van der Waals surface area (Å²) < 4.78 is 5.83. The van der Waals surface area contributed by atoms with E-state index in [9.17, 15) is 9.90 Å². The molecule has 5 heteroatoms. The first-order chi connectivity index (χ1) is 9.74. The lowest BCUT2D eigenvalue weighted by molar-refractivity contribution is -0.132. The van der Waals surface area contributed by atoms with E-state index in [1.807, 2.05) is 0 Å². The van der Waals surface area contributed by atoms with Crippen LogP contribution in [0.5, 0.6) is 0 Å². The second-order valence-electron chi connectivity index (χ2n) is 6.08. The normalized spacial score (nSPS) is 32.0. The Morgan fingerprint density at radius 1 is 1.20 bits per heavy atom. The van der Waals surface area contributed by atoms with Gasteiger partial charge >= 0.3 is 0 Å². The molecule has 1 heterocycles. The predicted octanol–water partition coefficient (Wildman–Crippen LogP) is 0.940. The number of hydrogen-bond donors (Lipinski definition) is 3. The van der Waals surface area contributed by atoms with Crippen LogP contribution in [0.4, 0.5) is 0 Å². The minimum absolute atomic E-state index is 0.0450. The molecule has 1 aliphatic carbocycles. The standard InChI is InChI=1S/C15H28N2O3/c16-9-8-12-6-7-13(14(10-18)20-12)17-15(19)11-4-2-1-3-5-11/h11-14,18H,1-10,16H2,(H,17,19)/t12-,13+,14+/m0/s1. The molecular weight excluding hydrogens is 256 g/mol. The van der Waals surface area contributed by atoms with Gasteiger partial charge in [0.15, 0.2) is 0 Å². The van der Waals surface area contributed by atoms with Crippen LogP contribution in [0.25, 0.3) is 0 Å². The Balaban J connectivity index is 1.83. The van der Waals surface area contributed by atoms with Gasteiger partial charge in [0.25, 0.3) is 0 Å².